The van der Waals surface area contributed by atoms with Crippen LogP contribution in [0.2, 0.25) is 5.02 Å². The van der Waals surface area contributed by atoms with Gasteiger partial charge in [-0.25, -0.2) is 4.39 Å². The molecule has 1 aromatic carbocycles. The minimum absolute atomic E-state index is 0.153. The molecule has 0 radical (unpaired) electrons. The molecule has 0 aliphatic rings. The predicted molar refractivity (Wildman–Crippen MR) is 84.6 cm³/mol. The van der Waals surface area contributed by atoms with E-state index >= 15 is 0 Å². The van der Waals surface area contributed by atoms with Crippen molar-refractivity contribution in [3.63, 3.8) is 0 Å². The highest BCUT2D eigenvalue weighted by Gasteiger charge is 2.14. The normalized spacial score (nSPS) is 10.4. The lowest BCUT2D eigenvalue weighted by Gasteiger charge is -2.05. The molecule has 1 heterocycles. The molecule has 0 aliphatic heterocycles. The largest absolute Gasteiger partial charge is 0.300 e. The minimum Gasteiger partial charge on any atom is -0.300 e. The zero-order chi connectivity index (χ0) is 15.2. The molecule has 2 rings (SSSR count). The third-order valence-electron chi connectivity index (χ3n) is 2.38. The first-order valence-corrected chi connectivity index (χ1v) is 8.08. The first kappa shape index (κ1) is 15.9. The lowest BCUT2D eigenvalue weighted by Crippen LogP contribution is -2.15. The Hall–Kier alpha value is -1.44. The van der Waals surface area contributed by atoms with Crippen LogP contribution in [0.4, 0.5) is 9.52 Å². The molecule has 0 spiro atoms. The molecule has 0 atom stereocenters. The van der Waals surface area contributed by atoms with Gasteiger partial charge in [0, 0.05) is 16.3 Å². The summed E-state index contributed by atoms with van der Waals surface area (Å²) in [6.45, 7) is 3.61. The van der Waals surface area contributed by atoms with Crippen LogP contribution in [0, 0.1) is 5.82 Å². The van der Waals surface area contributed by atoms with Gasteiger partial charge in [0.25, 0.3) is 0 Å². The fraction of sp³-hybridized carbons (Fsp3) is 0.154. The number of nitrogens with one attached hydrogen (secondary N) is 1. The fourth-order valence-electron chi connectivity index (χ4n) is 1.47. The number of rotatable bonds is 6. The molecule has 110 valence electrons. The Morgan fingerprint density at radius 2 is 2.33 bits per heavy atom. The van der Waals surface area contributed by atoms with E-state index in [0.717, 1.165) is 4.34 Å². The Balaban J connectivity index is 1.98. The van der Waals surface area contributed by atoms with Gasteiger partial charge in [-0.05, 0) is 12.1 Å². The zero-order valence-corrected chi connectivity index (χ0v) is 13.2. The van der Waals surface area contributed by atoms with Gasteiger partial charge in [0.1, 0.15) is 5.82 Å². The van der Waals surface area contributed by atoms with E-state index in [-0.39, 0.29) is 17.0 Å². The number of nitrogens with zero attached hydrogens (tertiary/aromatic N) is 2. The van der Waals surface area contributed by atoms with Gasteiger partial charge in [-0.15, -0.1) is 16.8 Å². The van der Waals surface area contributed by atoms with Crippen LogP contribution < -0.4 is 5.32 Å². The summed E-state index contributed by atoms with van der Waals surface area (Å²) in [5, 5.41) is 11.0. The molecular formula is C13H11ClFN3OS2. The molecule has 0 bridgehead atoms. The maximum absolute atomic E-state index is 13.6. The molecule has 0 fully saturated rings. The van der Waals surface area contributed by atoms with E-state index in [4.69, 9.17) is 11.6 Å². The van der Waals surface area contributed by atoms with Gasteiger partial charge in [0.15, 0.2) is 4.34 Å². The average molecular weight is 344 g/mol. The molecule has 1 aromatic heterocycles. The zero-order valence-electron chi connectivity index (χ0n) is 10.8. The average Bonchev–Trinajstić information content (AvgIpc) is 2.88. The van der Waals surface area contributed by atoms with Crippen LogP contribution in [-0.4, -0.2) is 21.9 Å². The smallest absolute Gasteiger partial charge is 0.230 e. The van der Waals surface area contributed by atoms with Gasteiger partial charge in [-0.1, -0.05) is 46.8 Å². The van der Waals surface area contributed by atoms with Crippen molar-refractivity contribution in [2.75, 3.05) is 11.1 Å². The Morgan fingerprint density at radius 1 is 1.52 bits per heavy atom. The van der Waals surface area contributed by atoms with Gasteiger partial charge in [0.05, 0.1) is 6.42 Å². The van der Waals surface area contributed by atoms with E-state index < -0.39 is 11.7 Å². The number of anilines is 1. The molecule has 8 heteroatoms. The fourth-order valence-corrected chi connectivity index (χ4v) is 3.23. The molecule has 4 nitrogen and oxygen atoms in total. The number of aromatic nitrogens is 2. The van der Waals surface area contributed by atoms with Crippen molar-refractivity contribution in [2.24, 2.45) is 0 Å². The maximum Gasteiger partial charge on any atom is 0.230 e. The Morgan fingerprint density at radius 3 is 3.05 bits per heavy atom. The number of hydrogen-bond acceptors (Lipinski definition) is 5. The van der Waals surface area contributed by atoms with Crippen LogP contribution in [0.5, 0.6) is 0 Å². The van der Waals surface area contributed by atoms with Gasteiger partial charge in [-0.3, -0.25) is 4.79 Å². The molecule has 1 amide bonds. The highest BCUT2D eigenvalue weighted by atomic mass is 35.5. The van der Waals surface area contributed by atoms with E-state index in [1.807, 2.05) is 0 Å². The van der Waals surface area contributed by atoms with Crippen LogP contribution in [0.1, 0.15) is 5.56 Å². The highest BCUT2D eigenvalue weighted by molar-refractivity contribution is 8.01. The van der Waals surface area contributed by atoms with Gasteiger partial charge < -0.3 is 5.32 Å². The van der Waals surface area contributed by atoms with E-state index in [1.165, 1.54) is 35.2 Å². The first-order chi connectivity index (χ1) is 10.1. The number of halogens is 2. The summed E-state index contributed by atoms with van der Waals surface area (Å²) < 4.78 is 14.3. The molecule has 0 saturated carbocycles. The van der Waals surface area contributed by atoms with Gasteiger partial charge in [0.2, 0.25) is 11.0 Å². The predicted octanol–water partition coefficient (Wildman–Crippen LogP) is 3.79. The number of carbonyl (C=O) groups is 1. The van der Waals surface area contributed by atoms with Crippen LogP contribution in [0.15, 0.2) is 35.2 Å². The molecule has 0 saturated heterocycles. The number of thioether (sulfide) groups is 1. The van der Waals surface area contributed by atoms with Crippen molar-refractivity contribution in [1.29, 1.82) is 0 Å². The van der Waals surface area contributed by atoms with Crippen molar-refractivity contribution in [3.8, 4) is 0 Å². The molecular weight excluding hydrogens is 333 g/mol. The number of carbonyl (C=O) groups excluding carboxylic acids is 1. The van der Waals surface area contributed by atoms with E-state index in [0.29, 0.717) is 10.9 Å². The lowest BCUT2D eigenvalue weighted by molar-refractivity contribution is -0.115. The summed E-state index contributed by atoms with van der Waals surface area (Å²) in [5.74, 6) is -0.177. The first-order valence-electron chi connectivity index (χ1n) is 5.90. The van der Waals surface area contributed by atoms with Crippen LogP contribution in [0.25, 0.3) is 0 Å². The van der Waals surface area contributed by atoms with E-state index in [9.17, 15) is 9.18 Å². The second-order valence-corrected chi connectivity index (χ2v) is 6.55. The Bertz CT molecular complexity index is 642. The highest BCUT2D eigenvalue weighted by Crippen LogP contribution is 2.26. The van der Waals surface area contributed by atoms with Crippen molar-refractivity contribution in [3.05, 3.63) is 47.3 Å². The summed E-state index contributed by atoms with van der Waals surface area (Å²) in [6, 6.07) is 4.30. The second kappa shape index (κ2) is 7.53. The maximum atomic E-state index is 13.6. The topological polar surface area (TPSA) is 54.9 Å². The third-order valence-corrected chi connectivity index (χ3v) is 4.70. The van der Waals surface area contributed by atoms with Crippen LogP contribution >= 0.6 is 34.7 Å². The molecule has 0 unspecified atom stereocenters. The third kappa shape index (κ3) is 4.52. The summed E-state index contributed by atoms with van der Waals surface area (Å²) in [4.78, 5) is 11.9. The molecule has 0 aliphatic carbocycles. The molecule has 2 aromatic rings. The number of amides is 1. The van der Waals surface area contributed by atoms with Crippen molar-refractivity contribution < 1.29 is 9.18 Å². The monoisotopic (exact) mass is 343 g/mol. The SMILES string of the molecule is C=CCSc1nnc(NC(=O)Cc2c(F)cccc2Cl)s1. The summed E-state index contributed by atoms with van der Waals surface area (Å²) in [6.07, 6.45) is 1.60. The summed E-state index contributed by atoms with van der Waals surface area (Å²) in [7, 11) is 0. The van der Waals surface area contributed by atoms with Crippen molar-refractivity contribution in [2.45, 2.75) is 10.8 Å². The van der Waals surface area contributed by atoms with E-state index in [1.54, 1.807) is 12.1 Å². The van der Waals surface area contributed by atoms with Crippen LogP contribution in [0.3, 0.4) is 0 Å². The Kier molecular flexibility index (Phi) is 5.72. The lowest BCUT2D eigenvalue weighted by atomic mass is 10.1. The quantitative estimate of drug-likeness (QED) is 0.492. The van der Waals surface area contributed by atoms with Crippen molar-refractivity contribution in [1.82, 2.24) is 10.2 Å². The number of benzene rings is 1. The van der Waals surface area contributed by atoms with Crippen molar-refractivity contribution >= 4 is 45.7 Å². The molecule has 1 N–H and O–H groups in total. The minimum atomic E-state index is -0.503. The van der Waals surface area contributed by atoms with Gasteiger partial charge >= 0.3 is 0 Å². The summed E-state index contributed by atoms with van der Waals surface area (Å²) >= 11 is 8.61. The molecule has 21 heavy (non-hydrogen) atoms. The second-order valence-electron chi connectivity index (χ2n) is 3.90. The van der Waals surface area contributed by atoms with E-state index in [2.05, 4.69) is 22.1 Å². The standard InChI is InChI=1S/C13H11ClFN3OS2/c1-2-6-20-13-18-17-12(21-13)16-11(19)7-8-9(14)4-3-5-10(8)15/h2-5H,1,6-7H2,(H,16,17,19). The summed E-state index contributed by atoms with van der Waals surface area (Å²) in [5.41, 5.74) is 0.169. The Labute approximate surface area is 134 Å². The number of hydrogen-bond donors (Lipinski definition) is 1. The van der Waals surface area contributed by atoms with Gasteiger partial charge in [-0.2, -0.15) is 0 Å². The van der Waals surface area contributed by atoms with Crippen LogP contribution in [-0.2, 0) is 11.2 Å².